The monoisotopic (exact) mass is 270 g/mol. The number of fused-ring (bicyclic) bond motifs is 1. The van der Waals surface area contributed by atoms with E-state index in [0.717, 1.165) is 23.5 Å². The Balaban J connectivity index is 1.89. The van der Waals surface area contributed by atoms with E-state index in [1.54, 1.807) is 0 Å². The van der Waals surface area contributed by atoms with E-state index in [0.29, 0.717) is 5.92 Å². The lowest BCUT2D eigenvalue weighted by Crippen LogP contribution is -2.17. The normalized spacial score (nSPS) is 18.1. The Bertz CT molecular complexity index is 615. The van der Waals surface area contributed by atoms with E-state index in [1.807, 2.05) is 6.92 Å². The fourth-order valence-corrected chi connectivity index (χ4v) is 3.39. The van der Waals surface area contributed by atoms with Gasteiger partial charge in [-0.15, -0.1) is 0 Å². The first-order chi connectivity index (χ1) is 9.70. The van der Waals surface area contributed by atoms with Crippen LogP contribution >= 0.6 is 0 Å². The van der Waals surface area contributed by atoms with Crippen LogP contribution in [0.3, 0.4) is 0 Å². The summed E-state index contributed by atoms with van der Waals surface area (Å²) in [4.78, 5) is 0. The molecule has 1 aromatic carbocycles. The molecule has 106 valence electrons. The van der Waals surface area contributed by atoms with Crippen LogP contribution in [0.15, 0.2) is 24.3 Å². The molecule has 0 spiro atoms. The fourth-order valence-electron chi connectivity index (χ4n) is 3.39. The van der Waals surface area contributed by atoms with Crippen molar-refractivity contribution in [2.45, 2.75) is 52.2 Å². The van der Waals surface area contributed by atoms with Crippen molar-refractivity contribution in [2.24, 2.45) is 0 Å². The van der Waals surface area contributed by atoms with Crippen molar-refractivity contribution >= 4 is 0 Å². The first-order valence-corrected chi connectivity index (χ1v) is 7.42. The minimum absolute atomic E-state index is 0.0823. The van der Waals surface area contributed by atoms with Crippen LogP contribution in [0.2, 0.25) is 0 Å². The van der Waals surface area contributed by atoms with E-state index in [2.05, 4.69) is 41.0 Å². The summed E-state index contributed by atoms with van der Waals surface area (Å²) in [5.74, 6) is 0.546. The van der Waals surface area contributed by atoms with Crippen LogP contribution in [0.25, 0.3) is 0 Å². The summed E-state index contributed by atoms with van der Waals surface area (Å²) in [5, 5.41) is 14.0. The summed E-state index contributed by atoms with van der Waals surface area (Å²) < 4.78 is 2.08. The number of nitrogens with zero attached hydrogens (tertiary/aromatic N) is 2. The topological polar surface area (TPSA) is 38.0 Å². The fraction of sp³-hybridized carbons (Fsp3) is 0.471. The number of benzene rings is 1. The number of aliphatic hydroxyl groups is 1. The Morgan fingerprint density at radius 2 is 2.10 bits per heavy atom. The zero-order chi connectivity index (χ0) is 14.1. The SMILES string of the molecule is Cc1nn(CC2CCCc3ccccc32)c(C)c1CO. The van der Waals surface area contributed by atoms with Crippen molar-refractivity contribution in [3.05, 3.63) is 52.3 Å². The maximum atomic E-state index is 9.42. The maximum Gasteiger partial charge on any atom is 0.0718 e. The van der Waals surface area contributed by atoms with Crippen molar-refractivity contribution in [3.63, 3.8) is 0 Å². The molecule has 0 fully saturated rings. The summed E-state index contributed by atoms with van der Waals surface area (Å²) in [6.07, 6.45) is 3.68. The van der Waals surface area contributed by atoms with Gasteiger partial charge in [-0.1, -0.05) is 24.3 Å². The van der Waals surface area contributed by atoms with Gasteiger partial charge in [-0.2, -0.15) is 5.10 Å². The van der Waals surface area contributed by atoms with Gasteiger partial charge in [0.25, 0.3) is 0 Å². The molecule has 2 aromatic rings. The first-order valence-electron chi connectivity index (χ1n) is 7.42. The van der Waals surface area contributed by atoms with Crippen LogP contribution in [-0.4, -0.2) is 14.9 Å². The molecule has 0 amide bonds. The second-order valence-corrected chi connectivity index (χ2v) is 5.78. The Hall–Kier alpha value is -1.61. The van der Waals surface area contributed by atoms with E-state index in [-0.39, 0.29) is 6.61 Å². The molecule has 0 aliphatic heterocycles. The third kappa shape index (κ3) is 2.27. The van der Waals surface area contributed by atoms with Crippen molar-refractivity contribution in [3.8, 4) is 0 Å². The smallest absolute Gasteiger partial charge is 0.0718 e. The summed E-state index contributed by atoms with van der Waals surface area (Å²) in [6.45, 7) is 5.03. The van der Waals surface area contributed by atoms with Crippen LogP contribution in [0, 0.1) is 13.8 Å². The van der Waals surface area contributed by atoms with E-state index in [9.17, 15) is 5.11 Å². The Morgan fingerprint density at radius 1 is 1.30 bits per heavy atom. The molecule has 3 rings (SSSR count). The van der Waals surface area contributed by atoms with E-state index >= 15 is 0 Å². The van der Waals surface area contributed by atoms with Crippen molar-refractivity contribution in [2.75, 3.05) is 0 Å². The lowest BCUT2D eigenvalue weighted by Gasteiger charge is -2.25. The molecule has 3 heteroatoms. The summed E-state index contributed by atoms with van der Waals surface area (Å²) in [7, 11) is 0. The van der Waals surface area contributed by atoms with Crippen LogP contribution in [0.4, 0.5) is 0 Å². The Labute approximate surface area is 120 Å². The highest BCUT2D eigenvalue weighted by molar-refractivity contribution is 5.33. The third-order valence-corrected chi connectivity index (χ3v) is 4.58. The highest BCUT2D eigenvalue weighted by atomic mass is 16.3. The highest BCUT2D eigenvalue weighted by Crippen LogP contribution is 2.33. The first kappa shape index (κ1) is 13.4. The zero-order valence-corrected chi connectivity index (χ0v) is 12.3. The predicted molar refractivity (Wildman–Crippen MR) is 79.7 cm³/mol. The van der Waals surface area contributed by atoms with Crippen molar-refractivity contribution < 1.29 is 5.11 Å². The average Bonchev–Trinajstić information content (AvgIpc) is 2.73. The van der Waals surface area contributed by atoms with Gasteiger partial charge in [0.1, 0.15) is 0 Å². The van der Waals surface area contributed by atoms with E-state index in [1.165, 1.54) is 30.4 Å². The molecule has 20 heavy (non-hydrogen) atoms. The molecule has 1 aliphatic rings. The molecule has 0 saturated carbocycles. The third-order valence-electron chi connectivity index (χ3n) is 4.58. The van der Waals surface area contributed by atoms with Gasteiger partial charge in [-0.25, -0.2) is 0 Å². The predicted octanol–water partition coefficient (Wildman–Crippen LogP) is 3.11. The van der Waals surface area contributed by atoms with Crippen LogP contribution in [-0.2, 0) is 19.6 Å². The molecule has 1 N–H and O–H groups in total. The molecule has 1 aromatic heterocycles. The molecule has 1 aliphatic carbocycles. The number of aromatic nitrogens is 2. The number of aryl methyl sites for hydroxylation is 2. The van der Waals surface area contributed by atoms with E-state index < -0.39 is 0 Å². The van der Waals surface area contributed by atoms with Gasteiger partial charge in [0.2, 0.25) is 0 Å². The quantitative estimate of drug-likeness (QED) is 0.930. The molecule has 3 nitrogen and oxygen atoms in total. The second kappa shape index (κ2) is 5.41. The summed E-state index contributed by atoms with van der Waals surface area (Å²) in [5.41, 5.74) is 6.01. The Kier molecular flexibility index (Phi) is 3.62. The maximum absolute atomic E-state index is 9.42. The van der Waals surface area contributed by atoms with Gasteiger partial charge >= 0.3 is 0 Å². The van der Waals surface area contributed by atoms with Gasteiger partial charge in [0.15, 0.2) is 0 Å². The minimum Gasteiger partial charge on any atom is -0.392 e. The molecular weight excluding hydrogens is 248 g/mol. The number of rotatable bonds is 3. The lowest BCUT2D eigenvalue weighted by molar-refractivity contribution is 0.280. The zero-order valence-electron chi connectivity index (χ0n) is 12.3. The standard InChI is InChI=1S/C17H22N2O/c1-12-17(11-20)13(2)19(18-12)10-15-8-5-7-14-6-3-4-9-16(14)15/h3-4,6,9,15,20H,5,7-8,10-11H2,1-2H3. The molecular formula is C17H22N2O. The highest BCUT2D eigenvalue weighted by Gasteiger charge is 2.22. The van der Waals surface area contributed by atoms with Gasteiger partial charge in [0.05, 0.1) is 12.3 Å². The molecule has 0 bridgehead atoms. The minimum atomic E-state index is 0.0823. The Morgan fingerprint density at radius 3 is 2.85 bits per heavy atom. The molecule has 1 unspecified atom stereocenters. The van der Waals surface area contributed by atoms with Crippen molar-refractivity contribution in [1.29, 1.82) is 0 Å². The van der Waals surface area contributed by atoms with Gasteiger partial charge < -0.3 is 5.11 Å². The molecule has 0 radical (unpaired) electrons. The number of hydrogen-bond donors (Lipinski definition) is 1. The lowest BCUT2D eigenvalue weighted by atomic mass is 9.83. The molecule has 1 atom stereocenters. The largest absolute Gasteiger partial charge is 0.392 e. The second-order valence-electron chi connectivity index (χ2n) is 5.78. The van der Waals surface area contributed by atoms with Crippen LogP contribution < -0.4 is 0 Å². The number of aliphatic hydroxyl groups excluding tert-OH is 1. The summed E-state index contributed by atoms with van der Waals surface area (Å²) in [6, 6.07) is 8.78. The van der Waals surface area contributed by atoms with Gasteiger partial charge in [0, 0.05) is 23.7 Å². The number of hydrogen-bond acceptors (Lipinski definition) is 2. The van der Waals surface area contributed by atoms with Gasteiger partial charge in [-0.3, -0.25) is 4.68 Å². The van der Waals surface area contributed by atoms with E-state index in [4.69, 9.17) is 0 Å². The average molecular weight is 270 g/mol. The molecule has 1 heterocycles. The summed E-state index contributed by atoms with van der Waals surface area (Å²) >= 11 is 0. The van der Waals surface area contributed by atoms with Crippen molar-refractivity contribution in [1.82, 2.24) is 9.78 Å². The van der Waals surface area contributed by atoms with Crippen LogP contribution in [0.1, 0.15) is 46.8 Å². The van der Waals surface area contributed by atoms with Gasteiger partial charge in [-0.05, 0) is 44.2 Å². The van der Waals surface area contributed by atoms with Crippen LogP contribution in [0.5, 0.6) is 0 Å². The molecule has 0 saturated heterocycles.